The summed E-state index contributed by atoms with van der Waals surface area (Å²) in [7, 11) is 0. The molecule has 0 bridgehead atoms. The number of nitrogens with one attached hydrogen (secondary N) is 1. The van der Waals surface area contributed by atoms with Crippen molar-refractivity contribution in [2.45, 2.75) is 12.1 Å². The monoisotopic (exact) mass is 512 g/mol. The average molecular weight is 513 g/mol. The van der Waals surface area contributed by atoms with Gasteiger partial charge in [0.25, 0.3) is 11.5 Å². The van der Waals surface area contributed by atoms with Crippen molar-refractivity contribution in [3.63, 3.8) is 0 Å². The highest BCUT2D eigenvalue weighted by molar-refractivity contribution is 7.99. The Hall–Kier alpha value is -3.94. The van der Waals surface area contributed by atoms with Gasteiger partial charge in [-0.25, -0.2) is 10.4 Å². The third-order valence-corrected chi connectivity index (χ3v) is 6.87. The van der Waals surface area contributed by atoms with Crippen molar-refractivity contribution in [3.05, 3.63) is 112 Å². The summed E-state index contributed by atoms with van der Waals surface area (Å²) in [4.78, 5) is 30.6. The van der Waals surface area contributed by atoms with E-state index in [1.54, 1.807) is 42.5 Å². The zero-order chi connectivity index (χ0) is 25.1. The van der Waals surface area contributed by atoms with Gasteiger partial charge >= 0.3 is 0 Å². The van der Waals surface area contributed by atoms with Crippen LogP contribution in [0.1, 0.15) is 12.5 Å². The molecular weight excluding hydrogens is 492 g/mol. The minimum absolute atomic E-state index is 0.0346. The minimum atomic E-state index is -0.301. The summed E-state index contributed by atoms with van der Waals surface area (Å²) >= 11 is 7.21. The molecule has 6 nitrogen and oxygen atoms in total. The van der Waals surface area contributed by atoms with Gasteiger partial charge in [0, 0.05) is 5.02 Å². The van der Waals surface area contributed by atoms with Gasteiger partial charge in [0.15, 0.2) is 5.16 Å². The van der Waals surface area contributed by atoms with Crippen LogP contribution in [0.3, 0.4) is 0 Å². The Bertz CT molecular complexity index is 1680. The molecule has 5 aromatic rings. The fraction of sp³-hybridized carbons (Fsp3) is 0.0714. The second-order valence-corrected chi connectivity index (χ2v) is 9.49. The maximum atomic E-state index is 13.3. The molecule has 0 aliphatic carbocycles. The summed E-state index contributed by atoms with van der Waals surface area (Å²) in [5.41, 5.74) is 5.21. The van der Waals surface area contributed by atoms with E-state index in [0.29, 0.717) is 32.5 Å². The van der Waals surface area contributed by atoms with E-state index in [9.17, 15) is 9.59 Å². The maximum absolute atomic E-state index is 13.3. The molecule has 0 fully saturated rings. The van der Waals surface area contributed by atoms with E-state index in [0.717, 1.165) is 16.3 Å². The Labute approximate surface area is 216 Å². The third kappa shape index (κ3) is 5.03. The molecule has 36 heavy (non-hydrogen) atoms. The molecule has 0 aliphatic heterocycles. The molecule has 0 saturated carbocycles. The van der Waals surface area contributed by atoms with Crippen LogP contribution < -0.4 is 11.0 Å². The number of thioether (sulfide) groups is 1. The zero-order valence-electron chi connectivity index (χ0n) is 19.3. The third-order valence-electron chi connectivity index (χ3n) is 5.68. The largest absolute Gasteiger partial charge is 0.272 e. The molecule has 0 saturated heterocycles. The lowest BCUT2D eigenvalue weighted by atomic mass is 10.0. The van der Waals surface area contributed by atoms with Crippen molar-refractivity contribution < 1.29 is 4.79 Å². The summed E-state index contributed by atoms with van der Waals surface area (Å²) in [6, 6.07) is 28.2. The van der Waals surface area contributed by atoms with Crippen molar-refractivity contribution in [2.75, 3.05) is 5.75 Å². The average Bonchev–Trinajstić information content (AvgIpc) is 2.91. The van der Waals surface area contributed by atoms with Crippen molar-refractivity contribution in [2.24, 2.45) is 5.10 Å². The highest BCUT2D eigenvalue weighted by atomic mass is 35.5. The van der Waals surface area contributed by atoms with Crippen molar-refractivity contribution >= 4 is 56.7 Å². The number of para-hydroxylation sites is 1. The highest BCUT2D eigenvalue weighted by Gasteiger charge is 2.15. The predicted octanol–water partition coefficient (Wildman–Crippen LogP) is 5.82. The van der Waals surface area contributed by atoms with Crippen LogP contribution in [-0.2, 0) is 4.79 Å². The number of benzene rings is 4. The molecule has 4 aromatic carbocycles. The summed E-state index contributed by atoms with van der Waals surface area (Å²) in [6.45, 7) is 1.85. The number of amides is 1. The number of hydrazone groups is 1. The maximum Gasteiger partial charge on any atom is 0.266 e. The fourth-order valence-electron chi connectivity index (χ4n) is 3.81. The molecule has 0 aliphatic rings. The van der Waals surface area contributed by atoms with Crippen LogP contribution >= 0.6 is 23.4 Å². The number of hydrogen-bond acceptors (Lipinski definition) is 5. The van der Waals surface area contributed by atoms with E-state index in [-0.39, 0.29) is 17.2 Å². The van der Waals surface area contributed by atoms with E-state index in [1.165, 1.54) is 16.3 Å². The first-order valence-electron chi connectivity index (χ1n) is 11.2. The number of hydrogen-bond donors (Lipinski definition) is 1. The summed E-state index contributed by atoms with van der Waals surface area (Å²) in [5, 5.41) is 7.99. The second-order valence-electron chi connectivity index (χ2n) is 8.11. The van der Waals surface area contributed by atoms with Gasteiger partial charge in [-0.05, 0) is 65.7 Å². The van der Waals surface area contributed by atoms with Gasteiger partial charge in [0.1, 0.15) is 0 Å². The summed E-state index contributed by atoms with van der Waals surface area (Å²) < 4.78 is 1.50. The fourth-order valence-corrected chi connectivity index (χ4v) is 4.75. The zero-order valence-corrected chi connectivity index (χ0v) is 20.9. The molecular formula is C28H21ClN4O2S. The molecule has 1 heterocycles. The molecule has 1 N–H and O–H groups in total. The van der Waals surface area contributed by atoms with E-state index in [4.69, 9.17) is 11.6 Å². The molecule has 8 heteroatoms. The second kappa shape index (κ2) is 10.4. The number of rotatable bonds is 6. The van der Waals surface area contributed by atoms with Crippen LogP contribution in [0.25, 0.3) is 27.4 Å². The van der Waals surface area contributed by atoms with Crippen LogP contribution in [0.4, 0.5) is 0 Å². The summed E-state index contributed by atoms with van der Waals surface area (Å²) in [6.07, 6.45) is 0. The van der Waals surface area contributed by atoms with Crippen molar-refractivity contribution in [1.82, 2.24) is 15.0 Å². The van der Waals surface area contributed by atoms with Crippen LogP contribution in [0.15, 0.2) is 106 Å². The molecule has 1 amide bonds. The van der Waals surface area contributed by atoms with Crippen LogP contribution in [0.2, 0.25) is 5.02 Å². The lowest BCUT2D eigenvalue weighted by Gasteiger charge is -2.13. The molecule has 5 rings (SSSR count). The van der Waals surface area contributed by atoms with Gasteiger partial charge < -0.3 is 0 Å². The Morgan fingerprint density at radius 1 is 0.972 bits per heavy atom. The van der Waals surface area contributed by atoms with E-state index in [2.05, 4.69) is 21.6 Å². The normalized spacial score (nSPS) is 11.7. The molecule has 178 valence electrons. The number of halogens is 1. The van der Waals surface area contributed by atoms with Gasteiger partial charge in [-0.1, -0.05) is 71.9 Å². The van der Waals surface area contributed by atoms with E-state index in [1.807, 2.05) is 49.4 Å². The first kappa shape index (κ1) is 23.8. The van der Waals surface area contributed by atoms with Crippen LogP contribution in [0.5, 0.6) is 0 Å². The Kier molecular flexibility index (Phi) is 6.84. The van der Waals surface area contributed by atoms with Gasteiger partial charge in [0.2, 0.25) is 0 Å². The number of fused-ring (bicyclic) bond motifs is 2. The topological polar surface area (TPSA) is 76.3 Å². The van der Waals surface area contributed by atoms with Gasteiger partial charge in [-0.3, -0.25) is 14.2 Å². The quantitative estimate of drug-likeness (QED) is 0.134. The number of nitrogens with zero attached hydrogens (tertiary/aromatic N) is 3. The first-order valence-corrected chi connectivity index (χ1v) is 12.6. The predicted molar refractivity (Wildman–Crippen MR) is 147 cm³/mol. The van der Waals surface area contributed by atoms with Crippen molar-refractivity contribution in [1.29, 1.82) is 0 Å². The SMILES string of the molecule is CC(=NNC(=O)CSc1nc2ccccc2c(=O)n1-c1ccc(Cl)cc1)c1ccc2ccccc2c1. The smallest absolute Gasteiger partial charge is 0.266 e. The van der Waals surface area contributed by atoms with Gasteiger partial charge in [-0.2, -0.15) is 5.10 Å². The lowest BCUT2D eigenvalue weighted by molar-refractivity contribution is -0.118. The van der Waals surface area contributed by atoms with Crippen LogP contribution in [0, 0.1) is 0 Å². The van der Waals surface area contributed by atoms with E-state index < -0.39 is 0 Å². The number of carbonyl (C=O) groups is 1. The van der Waals surface area contributed by atoms with Crippen molar-refractivity contribution in [3.8, 4) is 5.69 Å². The molecule has 0 unspecified atom stereocenters. The minimum Gasteiger partial charge on any atom is -0.272 e. The molecule has 0 spiro atoms. The van der Waals surface area contributed by atoms with Crippen LogP contribution in [-0.4, -0.2) is 26.9 Å². The summed E-state index contributed by atoms with van der Waals surface area (Å²) in [5.74, 6) is -0.266. The molecule has 0 atom stereocenters. The van der Waals surface area contributed by atoms with Gasteiger partial charge in [0.05, 0.1) is 28.1 Å². The lowest BCUT2D eigenvalue weighted by Crippen LogP contribution is -2.24. The van der Waals surface area contributed by atoms with Gasteiger partial charge in [-0.15, -0.1) is 0 Å². The Morgan fingerprint density at radius 2 is 1.69 bits per heavy atom. The molecule has 0 radical (unpaired) electrons. The Balaban J connectivity index is 1.37. The number of carbonyl (C=O) groups excluding carboxylic acids is 1. The Morgan fingerprint density at radius 3 is 2.50 bits per heavy atom. The highest BCUT2D eigenvalue weighted by Crippen LogP contribution is 2.22. The first-order chi connectivity index (χ1) is 17.5. The molecule has 1 aromatic heterocycles. The standard InChI is InChI=1S/C28H21ClN4O2S/c1-18(20-11-10-19-6-2-3-7-21(19)16-20)31-32-26(34)17-36-28-30-25-9-5-4-8-24(25)27(35)33(28)23-14-12-22(29)13-15-23/h2-16H,17H2,1H3,(H,32,34). The number of aromatic nitrogens is 2. The van der Waals surface area contributed by atoms with E-state index >= 15 is 0 Å².